The van der Waals surface area contributed by atoms with Gasteiger partial charge in [0.15, 0.2) is 0 Å². The molecule has 0 amide bonds. The minimum Gasteiger partial charge on any atom is -0.491 e. The van der Waals surface area contributed by atoms with Crippen molar-refractivity contribution >= 4 is 39.1 Å². The standard InChI is InChI=1S/C40H41ClFN5O5S/c1-24-29(15-16-31(35(24)41)50-20-19-46(5)6)33-34-37(43-23-44-38(34)53-36(33)25-11-13-27(42)14-12-25)52-32(39(48)49)21-26-9-7-8-10-30(26)51-22-28-17-18-45-47(28)40(2,3)4/h7-18,23,32H,19-22H2,1-6H3,(H,48,49)/t32-/m1/s1. The number of thiophene rings is 1. The van der Waals surface area contributed by atoms with E-state index in [4.69, 9.17) is 25.8 Å². The highest BCUT2D eigenvalue weighted by molar-refractivity contribution is 7.22. The summed E-state index contributed by atoms with van der Waals surface area (Å²) in [5.41, 5.74) is 4.21. The van der Waals surface area contributed by atoms with Crippen molar-refractivity contribution in [1.29, 1.82) is 0 Å². The first kappa shape index (κ1) is 37.7. The number of carbonyl (C=O) groups is 1. The van der Waals surface area contributed by atoms with Crippen LogP contribution < -0.4 is 14.2 Å². The molecule has 1 atom stereocenters. The van der Waals surface area contributed by atoms with Crippen molar-refractivity contribution in [1.82, 2.24) is 24.6 Å². The third-order valence-electron chi connectivity index (χ3n) is 8.62. The average Bonchev–Trinajstić information content (AvgIpc) is 3.76. The fourth-order valence-corrected chi connectivity index (χ4v) is 7.33. The lowest BCUT2D eigenvalue weighted by Gasteiger charge is -2.23. The van der Waals surface area contributed by atoms with Gasteiger partial charge in [0.2, 0.25) is 12.0 Å². The molecule has 0 fully saturated rings. The Morgan fingerprint density at radius 1 is 1.02 bits per heavy atom. The Morgan fingerprint density at radius 2 is 1.77 bits per heavy atom. The molecule has 0 aliphatic rings. The summed E-state index contributed by atoms with van der Waals surface area (Å²) in [4.78, 5) is 25.2. The van der Waals surface area contributed by atoms with Crippen LogP contribution in [0.5, 0.6) is 17.4 Å². The van der Waals surface area contributed by atoms with Gasteiger partial charge >= 0.3 is 5.97 Å². The van der Waals surface area contributed by atoms with E-state index in [0.717, 1.165) is 27.3 Å². The lowest BCUT2D eigenvalue weighted by molar-refractivity contribution is -0.145. The second-order valence-corrected chi connectivity index (χ2v) is 15.2. The molecule has 0 saturated carbocycles. The Labute approximate surface area is 316 Å². The number of hydrogen-bond acceptors (Lipinski definition) is 9. The van der Waals surface area contributed by atoms with Gasteiger partial charge in [-0.1, -0.05) is 48.0 Å². The summed E-state index contributed by atoms with van der Waals surface area (Å²) in [6.45, 7) is 9.48. The number of ether oxygens (including phenoxy) is 3. The summed E-state index contributed by atoms with van der Waals surface area (Å²) in [5, 5.41) is 15.9. The zero-order chi connectivity index (χ0) is 37.9. The average molecular weight is 758 g/mol. The number of aliphatic carboxylic acids is 1. The highest BCUT2D eigenvalue weighted by atomic mass is 35.5. The van der Waals surface area contributed by atoms with Crippen LogP contribution in [0.2, 0.25) is 5.02 Å². The number of carboxylic acid groups (broad SMARTS) is 1. The molecular weight excluding hydrogens is 717 g/mol. The van der Waals surface area contributed by atoms with Gasteiger partial charge in [-0.15, -0.1) is 11.3 Å². The molecule has 0 spiro atoms. The van der Waals surface area contributed by atoms with E-state index in [-0.39, 0.29) is 30.3 Å². The van der Waals surface area contributed by atoms with Gasteiger partial charge in [-0.2, -0.15) is 5.10 Å². The summed E-state index contributed by atoms with van der Waals surface area (Å²) in [7, 11) is 3.93. The fraction of sp³-hybridized carbons (Fsp3) is 0.300. The van der Waals surface area contributed by atoms with E-state index in [9.17, 15) is 14.3 Å². The fourth-order valence-electron chi connectivity index (χ4n) is 5.96. The van der Waals surface area contributed by atoms with E-state index in [1.165, 1.54) is 29.8 Å². The number of rotatable bonds is 14. The third-order valence-corrected chi connectivity index (χ3v) is 10.2. The monoisotopic (exact) mass is 757 g/mol. The van der Waals surface area contributed by atoms with E-state index < -0.39 is 12.1 Å². The first-order valence-electron chi connectivity index (χ1n) is 17.1. The van der Waals surface area contributed by atoms with Gasteiger partial charge in [0.1, 0.15) is 41.7 Å². The van der Waals surface area contributed by atoms with Crippen molar-refractivity contribution in [3.63, 3.8) is 0 Å². The quantitative estimate of drug-likeness (QED) is 0.117. The van der Waals surface area contributed by atoms with Crippen LogP contribution in [0.15, 0.2) is 79.3 Å². The van der Waals surface area contributed by atoms with Crippen molar-refractivity contribution < 1.29 is 28.5 Å². The van der Waals surface area contributed by atoms with E-state index in [1.807, 2.05) is 67.0 Å². The van der Waals surface area contributed by atoms with Crippen LogP contribution in [0.25, 0.3) is 31.8 Å². The van der Waals surface area contributed by atoms with E-state index >= 15 is 0 Å². The molecular formula is C40H41ClFN5O5S. The van der Waals surface area contributed by atoms with Gasteiger partial charge in [-0.25, -0.2) is 19.2 Å². The number of para-hydroxylation sites is 1. The molecule has 1 N–H and O–H groups in total. The summed E-state index contributed by atoms with van der Waals surface area (Å²) >= 11 is 8.29. The molecule has 3 heterocycles. The maximum atomic E-state index is 14.1. The zero-order valence-corrected chi connectivity index (χ0v) is 32.0. The number of fused-ring (bicyclic) bond motifs is 1. The van der Waals surface area contributed by atoms with Crippen LogP contribution in [-0.4, -0.2) is 69.1 Å². The Bertz CT molecular complexity index is 2230. The minimum atomic E-state index is -1.34. The molecule has 0 aliphatic heterocycles. The number of aromatic nitrogens is 4. The maximum absolute atomic E-state index is 14.1. The molecule has 10 nitrogen and oxygen atoms in total. The molecule has 0 unspecified atom stereocenters. The minimum absolute atomic E-state index is 0.0103. The Balaban J connectivity index is 1.38. The predicted molar refractivity (Wildman–Crippen MR) is 206 cm³/mol. The SMILES string of the molecule is Cc1c(-c2c(-c3ccc(F)cc3)sc3ncnc(O[C@H](Cc4ccccc4OCc4ccnn4C(C)(C)C)C(=O)O)c23)ccc(OCCN(C)C)c1Cl. The first-order valence-corrected chi connectivity index (χ1v) is 18.2. The Hall–Kier alpha value is -5.04. The lowest BCUT2D eigenvalue weighted by Crippen LogP contribution is -2.30. The van der Waals surface area contributed by atoms with Crippen LogP contribution in [0, 0.1) is 12.7 Å². The molecule has 6 rings (SSSR count). The van der Waals surface area contributed by atoms with E-state index in [0.29, 0.717) is 51.0 Å². The van der Waals surface area contributed by atoms with Crippen molar-refractivity contribution in [3.8, 4) is 38.9 Å². The molecule has 53 heavy (non-hydrogen) atoms. The Morgan fingerprint density at radius 3 is 2.49 bits per heavy atom. The van der Waals surface area contributed by atoms with E-state index in [1.54, 1.807) is 24.4 Å². The molecule has 0 saturated heterocycles. The summed E-state index contributed by atoms with van der Waals surface area (Å²) in [5.74, 6) is -0.375. The summed E-state index contributed by atoms with van der Waals surface area (Å²) in [6, 6.07) is 19.1. The molecule has 6 aromatic rings. The van der Waals surface area contributed by atoms with Crippen molar-refractivity contribution in [2.24, 2.45) is 0 Å². The topological polar surface area (TPSA) is 112 Å². The number of likely N-dealkylation sites (N-methyl/N-ethyl adjacent to an activating group) is 1. The van der Waals surface area contributed by atoms with Crippen molar-refractivity contribution in [2.45, 2.75) is 52.4 Å². The molecule has 0 aliphatic carbocycles. The zero-order valence-electron chi connectivity index (χ0n) is 30.4. The molecule has 0 radical (unpaired) electrons. The highest BCUT2D eigenvalue weighted by Gasteiger charge is 2.28. The maximum Gasteiger partial charge on any atom is 0.345 e. The summed E-state index contributed by atoms with van der Waals surface area (Å²) < 4.78 is 34.5. The lowest BCUT2D eigenvalue weighted by atomic mass is 9.96. The second kappa shape index (κ2) is 15.9. The van der Waals surface area contributed by atoms with Gasteiger partial charge in [0, 0.05) is 29.6 Å². The normalized spacial score (nSPS) is 12.3. The van der Waals surface area contributed by atoms with Crippen molar-refractivity contribution in [2.75, 3.05) is 27.2 Å². The van der Waals surface area contributed by atoms with Crippen LogP contribution in [-0.2, 0) is 23.4 Å². The molecule has 3 aromatic carbocycles. The van der Waals surface area contributed by atoms with Gasteiger partial charge in [0.05, 0.1) is 21.6 Å². The second-order valence-electron chi connectivity index (χ2n) is 13.8. The first-order chi connectivity index (χ1) is 25.3. The highest BCUT2D eigenvalue weighted by Crippen LogP contribution is 2.49. The van der Waals surface area contributed by atoms with Crippen LogP contribution in [0.4, 0.5) is 4.39 Å². The predicted octanol–water partition coefficient (Wildman–Crippen LogP) is 8.67. The molecule has 276 valence electrons. The number of benzene rings is 3. The number of carboxylic acids is 1. The number of halogens is 2. The van der Waals surface area contributed by atoms with Gasteiger partial charge in [-0.3, -0.25) is 4.68 Å². The van der Waals surface area contributed by atoms with E-state index in [2.05, 4.69) is 35.8 Å². The largest absolute Gasteiger partial charge is 0.491 e. The molecule has 13 heteroatoms. The molecule has 3 aromatic heterocycles. The van der Waals surface area contributed by atoms with Crippen LogP contribution in [0.3, 0.4) is 0 Å². The third kappa shape index (κ3) is 8.45. The molecule has 0 bridgehead atoms. The van der Waals surface area contributed by atoms with Gasteiger partial charge in [0.25, 0.3) is 0 Å². The van der Waals surface area contributed by atoms with Crippen LogP contribution in [0.1, 0.15) is 37.6 Å². The Kier molecular flexibility index (Phi) is 11.3. The van der Waals surface area contributed by atoms with Gasteiger partial charge in [-0.05, 0) is 94.4 Å². The number of hydrogen-bond donors (Lipinski definition) is 1. The summed E-state index contributed by atoms with van der Waals surface area (Å²) in [6.07, 6.45) is 1.74. The smallest absolute Gasteiger partial charge is 0.345 e. The number of nitrogens with zero attached hydrogens (tertiary/aromatic N) is 5. The van der Waals surface area contributed by atoms with Crippen LogP contribution >= 0.6 is 22.9 Å². The van der Waals surface area contributed by atoms with Gasteiger partial charge < -0.3 is 24.2 Å². The van der Waals surface area contributed by atoms with Crippen molar-refractivity contribution in [3.05, 3.63) is 107 Å².